The van der Waals surface area contributed by atoms with E-state index in [9.17, 15) is 0 Å². The Bertz CT molecular complexity index is 828. The normalized spacial score (nSPS) is 19.5. The highest BCUT2D eigenvalue weighted by atomic mass is 35.5. The van der Waals surface area contributed by atoms with Crippen LogP contribution in [0.15, 0.2) is 23.2 Å². The van der Waals surface area contributed by atoms with Crippen LogP contribution in [-0.2, 0) is 0 Å². The van der Waals surface area contributed by atoms with Gasteiger partial charge in [-0.15, -0.1) is 10.2 Å². The average molecular weight is 407 g/mol. The molecule has 1 aliphatic rings. The SMILES string of the molecule is CN(c1nnc(-c2ccc(N=CN)cc2Cl)s1)C1CC(C)(C)NC(C)(C)C1. The van der Waals surface area contributed by atoms with E-state index in [2.05, 4.69) is 60.1 Å². The molecular weight excluding hydrogens is 380 g/mol. The molecule has 1 saturated heterocycles. The fraction of sp³-hybridized carbons (Fsp3) is 0.526. The average Bonchev–Trinajstić information content (AvgIpc) is 3.01. The van der Waals surface area contributed by atoms with Crippen LogP contribution in [0.4, 0.5) is 10.8 Å². The third-order valence-electron chi connectivity index (χ3n) is 4.84. The van der Waals surface area contributed by atoms with Gasteiger partial charge in [-0.2, -0.15) is 0 Å². The summed E-state index contributed by atoms with van der Waals surface area (Å²) in [5, 5.41) is 14.8. The molecule has 0 aliphatic carbocycles. The third-order valence-corrected chi connectivity index (χ3v) is 6.20. The third kappa shape index (κ3) is 4.59. The first-order valence-corrected chi connectivity index (χ1v) is 10.2. The Labute approximate surface area is 169 Å². The smallest absolute Gasteiger partial charge is 0.208 e. The first kappa shape index (κ1) is 20.0. The number of aliphatic imine (C=N–C) groups is 1. The van der Waals surface area contributed by atoms with Crippen molar-refractivity contribution in [1.82, 2.24) is 15.5 Å². The molecule has 0 spiro atoms. The summed E-state index contributed by atoms with van der Waals surface area (Å²) in [6, 6.07) is 5.95. The predicted octanol–water partition coefficient (Wildman–Crippen LogP) is 4.22. The van der Waals surface area contributed by atoms with Gasteiger partial charge in [0.1, 0.15) is 0 Å². The topological polar surface area (TPSA) is 79.4 Å². The zero-order valence-electron chi connectivity index (χ0n) is 16.5. The Kier molecular flexibility index (Phi) is 5.47. The molecule has 0 amide bonds. The van der Waals surface area contributed by atoms with Crippen LogP contribution in [0.25, 0.3) is 10.6 Å². The van der Waals surface area contributed by atoms with E-state index in [0.717, 1.165) is 28.5 Å². The van der Waals surface area contributed by atoms with Gasteiger partial charge in [-0.25, -0.2) is 4.99 Å². The van der Waals surface area contributed by atoms with Crippen LogP contribution in [0.2, 0.25) is 5.02 Å². The van der Waals surface area contributed by atoms with Crippen LogP contribution in [0.5, 0.6) is 0 Å². The van der Waals surface area contributed by atoms with Gasteiger partial charge in [-0.05, 0) is 58.7 Å². The second-order valence-corrected chi connectivity index (χ2v) is 9.76. The number of anilines is 1. The Hall–Kier alpha value is -1.70. The van der Waals surface area contributed by atoms with Crippen molar-refractivity contribution in [2.45, 2.75) is 57.7 Å². The van der Waals surface area contributed by atoms with Gasteiger partial charge in [0.2, 0.25) is 5.13 Å². The summed E-state index contributed by atoms with van der Waals surface area (Å²) < 4.78 is 0. The number of nitrogens with one attached hydrogen (secondary N) is 1. The summed E-state index contributed by atoms with van der Waals surface area (Å²) in [5.74, 6) is 0. The van der Waals surface area contributed by atoms with E-state index in [1.165, 1.54) is 6.34 Å². The quantitative estimate of drug-likeness (QED) is 0.586. The zero-order chi connectivity index (χ0) is 19.8. The van der Waals surface area contributed by atoms with E-state index in [1.807, 2.05) is 12.1 Å². The summed E-state index contributed by atoms with van der Waals surface area (Å²) in [7, 11) is 2.10. The number of aromatic nitrogens is 2. The highest BCUT2D eigenvalue weighted by Crippen LogP contribution is 2.38. The summed E-state index contributed by atoms with van der Waals surface area (Å²) in [6.45, 7) is 9.02. The van der Waals surface area contributed by atoms with Gasteiger partial charge in [0, 0.05) is 29.7 Å². The maximum Gasteiger partial charge on any atom is 0.208 e. The largest absolute Gasteiger partial charge is 0.390 e. The highest BCUT2D eigenvalue weighted by molar-refractivity contribution is 7.18. The van der Waals surface area contributed by atoms with Gasteiger partial charge in [-0.3, -0.25) is 0 Å². The van der Waals surface area contributed by atoms with Crippen molar-refractivity contribution in [1.29, 1.82) is 0 Å². The number of rotatable bonds is 4. The van der Waals surface area contributed by atoms with E-state index < -0.39 is 0 Å². The lowest BCUT2D eigenvalue weighted by molar-refractivity contribution is 0.161. The van der Waals surface area contributed by atoms with Crippen molar-refractivity contribution >= 4 is 40.1 Å². The second kappa shape index (κ2) is 7.37. The Morgan fingerprint density at radius 2 is 1.93 bits per heavy atom. The van der Waals surface area contributed by atoms with Crippen LogP contribution < -0.4 is 16.0 Å². The van der Waals surface area contributed by atoms with Gasteiger partial charge in [-0.1, -0.05) is 22.9 Å². The molecule has 3 rings (SSSR count). The van der Waals surface area contributed by atoms with Crippen LogP contribution in [0.3, 0.4) is 0 Å². The molecule has 1 aliphatic heterocycles. The zero-order valence-corrected chi connectivity index (χ0v) is 18.0. The molecule has 1 aromatic heterocycles. The number of benzene rings is 1. The maximum atomic E-state index is 6.41. The van der Waals surface area contributed by atoms with E-state index in [1.54, 1.807) is 17.4 Å². The summed E-state index contributed by atoms with van der Waals surface area (Å²) in [5.41, 5.74) is 7.07. The monoisotopic (exact) mass is 406 g/mol. The van der Waals surface area contributed by atoms with Gasteiger partial charge < -0.3 is 16.0 Å². The van der Waals surface area contributed by atoms with Crippen molar-refractivity contribution in [2.24, 2.45) is 10.7 Å². The first-order chi connectivity index (χ1) is 12.6. The maximum absolute atomic E-state index is 6.41. The lowest BCUT2D eigenvalue weighted by Gasteiger charge is -2.48. The molecule has 27 heavy (non-hydrogen) atoms. The fourth-order valence-electron chi connectivity index (χ4n) is 4.01. The molecule has 0 atom stereocenters. The van der Waals surface area contributed by atoms with E-state index in [-0.39, 0.29) is 11.1 Å². The summed E-state index contributed by atoms with van der Waals surface area (Å²) in [4.78, 5) is 6.30. The second-order valence-electron chi connectivity index (χ2n) is 8.40. The molecule has 146 valence electrons. The van der Waals surface area contributed by atoms with Crippen molar-refractivity contribution < 1.29 is 0 Å². The minimum Gasteiger partial charge on any atom is -0.390 e. The van der Waals surface area contributed by atoms with E-state index in [4.69, 9.17) is 17.3 Å². The Morgan fingerprint density at radius 1 is 1.26 bits per heavy atom. The van der Waals surface area contributed by atoms with E-state index >= 15 is 0 Å². The van der Waals surface area contributed by atoms with Crippen molar-refractivity contribution in [3.8, 4) is 10.6 Å². The van der Waals surface area contributed by atoms with Crippen LogP contribution in [0.1, 0.15) is 40.5 Å². The van der Waals surface area contributed by atoms with Crippen molar-refractivity contribution in [3.63, 3.8) is 0 Å². The summed E-state index contributed by atoms with van der Waals surface area (Å²) >= 11 is 7.97. The molecule has 8 heteroatoms. The van der Waals surface area contributed by atoms with Gasteiger partial charge in [0.25, 0.3) is 0 Å². The van der Waals surface area contributed by atoms with Crippen molar-refractivity contribution in [2.75, 3.05) is 11.9 Å². The highest BCUT2D eigenvalue weighted by Gasteiger charge is 2.39. The first-order valence-electron chi connectivity index (χ1n) is 9.00. The molecule has 0 saturated carbocycles. The minimum absolute atomic E-state index is 0.0802. The molecular formula is C19H27ClN6S. The van der Waals surface area contributed by atoms with E-state index in [0.29, 0.717) is 16.8 Å². The number of hydrogen-bond donors (Lipinski definition) is 2. The molecule has 2 aromatic rings. The predicted molar refractivity (Wildman–Crippen MR) is 115 cm³/mol. The molecule has 0 bridgehead atoms. The fourth-order valence-corrected chi connectivity index (χ4v) is 5.25. The lowest BCUT2D eigenvalue weighted by Crippen LogP contribution is -2.61. The van der Waals surface area contributed by atoms with Gasteiger partial charge >= 0.3 is 0 Å². The molecule has 1 fully saturated rings. The van der Waals surface area contributed by atoms with Crippen molar-refractivity contribution in [3.05, 3.63) is 23.2 Å². The number of nitrogens with zero attached hydrogens (tertiary/aromatic N) is 4. The number of hydrogen-bond acceptors (Lipinski definition) is 6. The van der Waals surface area contributed by atoms with Crippen LogP contribution in [0, 0.1) is 0 Å². The van der Waals surface area contributed by atoms with Crippen LogP contribution >= 0.6 is 22.9 Å². The minimum atomic E-state index is 0.0802. The number of nitrogens with two attached hydrogens (primary N) is 1. The van der Waals surface area contributed by atoms with Crippen LogP contribution in [-0.4, -0.2) is 40.7 Å². The lowest BCUT2D eigenvalue weighted by atomic mass is 9.79. The number of piperidine rings is 1. The molecule has 0 unspecified atom stereocenters. The number of halogens is 1. The molecule has 0 radical (unpaired) electrons. The Morgan fingerprint density at radius 3 is 2.52 bits per heavy atom. The molecule has 3 N–H and O–H groups in total. The van der Waals surface area contributed by atoms with Gasteiger partial charge in [0.15, 0.2) is 5.01 Å². The molecule has 6 nitrogen and oxygen atoms in total. The summed E-state index contributed by atoms with van der Waals surface area (Å²) in [6.07, 6.45) is 3.36. The van der Waals surface area contributed by atoms with Gasteiger partial charge in [0.05, 0.1) is 17.0 Å². The standard InChI is InChI=1S/C19H27ClN6S/c1-18(2)9-13(10-19(3,4)25-18)26(5)17-24-23-16(27-17)14-7-6-12(22-11-21)8-15(14)20/h6-8,11,13,25H,9-10H2,1-5H3,(H2,21,22). The molecule has 2 heterocycles. The molecule has 1 aromatic carbocycles. The Balaban J connectivity index is 1.83.